The molecule has 4 rings (SSSR count). The summed E-state index contributed by atoms with van der Waals surface area (Å²) in [5, 5.41) is 2.87. The van der Waals surface area contributed by atoms with E-state index < -0.39 is 0 Å². The largest absolute Gasteiger partial charge is 0.487 e. The van der Waals surface area contributed by atoms with Gasteiger partial charge in [-0.1, -0.05) is 23.8 Å². The second-order valence-electron chi connectivity index (χ2n) is 7.11. The van der Waals surface area contributed by atoms with Crippen LogP contribution in [0.1, 0.15) is 27.2 Å². The van der Waals surface area contributed by atoms with Crippen LogP contribution < -0.4 is 15.6 Å². The number of ether oxygens (including phenoxy) is 1. The molecule has 30 heavy (non-hydrogen) atoms. The van der Waals surface area contributed by atoms with Crippen LogP contribution in [0.15, 0.2) is 77.7 Å². The lowest BCUT2D eigenvalue weighted by atomic mass is 10.1. The molecule has 0 saturated carbocycles. The lowest BCUT2D eigenvalue weighted by Gasteiger charge is -2.10. The third kappa shape index (κ3) is 4.22. The van der Waals surface area contributed by atoms with Crippen LogP contribution >= 0.6 is 0 Å². The molecule has 0 atom stereocenters. The Hall–Kier alpha value is -3.93. The smallest absolute Gasteiger partial charge is 0.258 e. The highest BCUT2D eigenvalue weighted by atomic mass is 16.5. The Balaban J connectivity index is 1.43. The highest BCUT2D eigenvalue weighted by Crippen LogP contribution is 2.18. The summed E-state index contributed by atoms with van der Waals surface area (Å²) in [6, 6.07) is 19.7. The molecule has 0 radical (unpaired) electrons. The number of anilines is 1. The standard InChI is InChI=1S/C24H21N3O3/c1-16-5-3-7-18(13-16)24(29)26-19-8-10-21(11-9-19)30-15-20-14-22(28)27-12-4-6-17(2)23(27)25-20/h3-14H,15H2,1-2H3,(H,26,29). The van der Waals surface area contributed by atoms with Gasteiger partial charge in [0.15, 0.2) is 0 Å². The lowest BCUT2D eigenvalue weighted by molar-refractivity contribution is 0.102. The lowest BCUT2D eigenvalue weighted by Crippen LogP contribution is -2.17. The van der Waals surface area contributed by atoms with Crippen molar-refractivity contribution < 1.29 is 9.53 Å². The van der Waals surface area contributed by atoms with Gasteiger partial charge in [-0.05, 0) is 61.9 Å². The molecule has 0 saturated heterocycles. The van der Waals surface area contributed by atoms with Crippen molar-refractivity contribution in [2.24, 2.45) is 0 Å². The Morgan fingerprint density at radius 3 is 2.60 bits per heavy atom. The van der Waals surface area contributed by atoms with Gasteiger partial charge in [-0.2, -0.15) is 0 Å². The average molecular weight is 399 g/mol. The van der Waals surface area contributed by atoms with E-state index in [4.69, 9.17) is 4.74 Å². The first-order chi connectivity index (χ1) is 14.5. The van der Waals surface area contributed by atoms with Crippen molar-refractivity contribution in [3.63, 3.8) is 0 Å². The molecule has 0 unspecified atom stereocenters. The molecule has 0 spiro atoms. The fourth-order valence-electron chi connectivity index (χ4n) is 3.16. The van der Waals surface area contributed by atoms with Crippen molar-refractivity contribution in [1.29, 1.82) is 0 Å². The second kappa shape index (κ2) is 8.21. The van der Waals surface area contributed by atoms with Gasteiger partial charge in [0.2, 0.25) is 0 Å². The predicted molar refractivity (Wildman–Crippen MR) is 116 cm³/mol. The zero-order valence-corrected chi connectivity index (χ0v) is 16.8. The fraction of sp³-hybridized carbons (Fsp3) is 0.125. The van der Waals surface area contributed by atoms with Crippen molar-refractivity contribution in [3.05, 3.63) is 106 Å². The summed E-state index contributed by atoms with van der Waals surface area (Å²) < 4.78 is 7.29. The van der Waals surface area contributed by atoms with Crippen LogP contribution in [0.3, 0.4) is 0 Å². The SMILES string of the molecule is Cc1cccc(C(=O)Nc2ccc(OCc3cc(=O)n4cccc(C)c4n3)cc2)c1. The maximum Gasteiger partial charge on any atom is 0.258 e. The third-order valence-corrected chi connectivity index (χ3v) is 4.72. The summed E-state index contributed by atoms with van der Waals surface area (Å²) in [5.74, 6) is 0.457. The molecule has 2 heterocycles. The quantitative estimate of drug-likeness (QED) is 0.547. The second-order valence-corrected chi connectivity index (χ2v) is 7.11. The third-order valence-electron chi connectivity index (χ3n) is 4.72. The Morgan fingerprint density at radius 2 is 1.83 bits per heavy atom. The molecule has 0 aliphatic carbocycles. The van der Waals surface area contributed by atoms with Gasteiger partial charge in [-0.15, -0.1) is 0 Å². The van der Waals surface area contributed by atoms with Crippen LogP contribution in [-0.2, 0) is 6.61 Å². The zero-order valence-electron chi connectivity index (χ0n) is 16.8. The van der Waals surface area contributed by atoms with Crippen LogP contribution in [0.25, 0.3) is 5.65 Å². The monoisotopic (exact) mass is 399 g/mol. The van der Waals surface area contributed by atoms with E-state index in [1.165, 1.54) is 10.5 Å². The number of benzene rings is 2. The number of nitrogens with zero attached hydrogens (tertiary/aromatic N) is 2. The minimum Gasteiger partial charge on any atom is -0.487 e. The first-order valence-corrected chi connectivity index (χ1v) is 9.58. The van der Waals surface area contributed by atoms with E-state index in [0.29, 0.717) is 28.3 Å². The molecule has 6 nitrogen and oxygen atoms in total. The molecular formula is C24H21N3O3. The van der Waals surface area contributed by atoms with Crippen LogP contribution in [0, 0.1) is 13.8 Å². The number of aryl methyl sites for hydroxylation is 2. The number of aromatic nitrogens is 2. The van der Waals surface area contributed by atoms with Crippen LogP contribution in [-0.4, -0.2) is 15.3 Å². The zero-order chi connectivity index (χ0) is 21.1. The first kappa shape index (κ1) is 19.4. The number of fused-ring (bicyclic) bond motifs is 1. The van der Waals surface area contributed by atoms with Gasteiger partial charge < -0.3 is 10.1 Å². The molecule has 2 aromatic carbocycles. The maximum atomic E-state index is 12.3. The van der Waals surface area contributed by atoms with E-state index in [9.17, 15) is 9.59 Å². The number of rotatable bonds is 5. The van der Waals surface area contributed by atoms with Gasteiger partial charge in [-0.25, -0.2) is 4.98 Å². The summed E-state index contributed by atoms with van der Waals surface area (Å²) in [4.78, 5) is 29.2. The topological polar surface area (TPSA) is 72.7 Å². The van der Waals surface area contributed by atoms with Crippen molar-refractivity contribution in [1.82, 2.24) is 9.38 Å². The molecule has 2 aromatic heterocycles. The van der Waals surface area contributed by atoms with Crippen molar-refractivity contribution in [2.45, 2.75) is 20.5 Å². The molecule has 0 aliphatic heterocycles. The van der Waals surface area contributed by atoms with Crippen molar-refractivity contribution in [3.8, 4) is 5.75 Å². The highest BCUT2D eigenvalue weighted by Gasteiger charge is 2.08. The molecule has 0 bridgehead atoms. The Morgan fingerprint density at radius 1 is 1.03 bits per heavy atom. The van der Waals surface area contributed by atoms with E-state index in [0.717, 1.165) is 11.1 Å². The van der Waals surface area contributed by atoms with Crippen LogP contribution in [0.2, 0.25) is 0 Å². The van der Waals surface area contributed by atoms with Crippen molar-refractivity contribution in [2.75, 3.05) is 5.32 Å². The molecule has 1 amide bonds. The fourth-order valence-corrected chi connectivity index (χ4v) is 3.16. The van der Waals surface area contributed by atoms with Gasteiger partial charge in [0.05, 0.1) is 5.69 Å². The van der Waals surface area contributed by atoms with Crippen LogP contribution in [0.4, 0.5) is 5.69 Å². The number of carbonyl (C=O) groups is 1. The number of nitrogens with one attached hydrogen (secondary N) is 1. The maximum absolute atomic E-state index is 12.3. The molecule has 4 aromatic rings. The van der Waals surface area contributed by atoms with E-state index in [1.807, 2.05) is 44.2 Å². The van der Waals surface area contributed by atoms with Gasteiger partial charge in [0, 0.05) is 23.5 Å². The van der Waals surface area contributed by atoms with E-state index in [1.54, 1.807) is 36.5 Å². The van der Waals surface area contributed by atoms with Gasteiger partial charge in [0.25, 0.3) is 11.5 Å². The number of carbonyl (C=O) groups excluding carboxylic acids is 1. The molecular weight excluding hydrogens is 378 g/mol. The number of hydrogen-bond acceptors (Lipinski definition) is 4. The van der Waals surface area contributed by atoms with Gasteiger partial charge in [0.1, 0.15) is 18.0 Å². The first-order valence-electron chi connectivity index (χ1n) is 9.58. The summed E-state index contributed by atoms with van der Waals surface area (Å²) in [6.07, 6.45) is 1.70. The summed E-state index contributed by atoms with van der Waals surface area (Å²) in [5.41, 5.74) is 4.28. The molecule has 0 fully saturated rings. The minimum atomic E-state index is -0.163. The molecule has 150 valence electrons. The highest BCUT2D eigenvalue weighted by molar-refractivity contribution is 6.04. The van der Waals surface area contributed by atoms with Crippen molar-refractivity contribution >= 4 is 17.2 Å². The van der Waals surface area contributed by atoms with E-state index in [2.05, 4.69) is 10.3 Å². The van der Waals surface area contributed by atoms with Gasteiger partial charge in [-0.3, -0.25) is 14.0 Å². The number of hydrogen-bond donors (Lipinski definition) is 1. The summed E-state index contributed by atoms with van der Waals surface area (Å²) in [7, 11) is 0. The molecule has 0 aliphatic rings. The van der Waals surface area contributed by atoms with E-state index in [-0.39, 0.29) is 18.1 Å². The molecule has 6 heteroatoms. The Bertz CT molecular complexity index is 1280. The summed E-state index contributed by atoms with van der Waals surface area (Å²) in [6.45, 7) is 4.04. The minimum absolute atomic E-state index is 0.142. The normalized spacial score (nSPS) is 10.7. The number of pyridine rings is 1. The summed E-state index contributed by atoms with van der Waals surface area (Å²) >= 11 is 0. The number of amides is 1. The average Bonchev–Trinajstić information content (AvgIpc) is 2.74. The Kier molecular flexibility index (Phi) is 5.30. The van der Waals surface area contributed by atoms with E-state index >= 15 is 0 Å². The predicted octanol–water partition coefficient (Wildman–Crippen LogP) is 4.14. The molecule has 1 N–H and O–H groups in total. The Labute approximate surface area is 173 Å². The van der Waals surface area contributed by atoms with Crippen LogP contribution in [0.5, 0.6) is 5.75 Å². The van der Waals surface area contributed by atoms with Gasteiger partial charge >= 0.3 is 0 Å².